The molecular weight excluding hydrogens is 192 g/mol. The fourth-order valence-corrected chi connectivity index (χ4v) is 0.976. The van der Waals surface area contributed by atoms with Crippen LogP contribution in [-0.4, -0.2) is 62.3 Å². The standard InChI is InChI=1S/C8H16O6/c1-2-8(14,4-10)7(13)6(12)5(11)3-9/h4-7,9,11-14H,2-3H2,1H3/t5-,6-,7+,8+/m1/s1. The molecule has 14 heavy (non-hydrogen) atoms. The Hall–Kier alpha value is -0.530. The lowest BCUT2D eigenvalue weighted by molar-refractivity contribution is -0.165. The van der Waals surface area contributed by atoms with Crippen LogP contribution in [0.4, 0.5) is 0 Å². The number of aldehydes is 1. The summed E-state index contributed by atoms with van der Waals surface area (Å²) in [5.74, 6) is 0. The summed E-state index contributed by atoms with van der Waals surface area (Å²) >= 11 is 0. The van der Waals surface area contributed by atoms with Crippen molar-refractivity contribution in [2.75, 3.05) is 6.61 Å². The maximum absolute atomic E-state index is 10.4. The zero-order chi connectivity index (χ0) is 11.4. The Bertz CT molecular complexity index is 185. The van der Waals surface area contributed by atoms with Crippen molar-refractivity contribution < 1.29 is 30.3 Å². The summed E-state index contributed by atoms with van der Waals surface area (Å²) in [6.45, 7) is 0.673. The molecule has 4 atom stereocenters. The van der Waals surface area contributed by atoms with E-state index in [9.17, 15) is 20.1 Å². The lowest BCUT2D eigenvalue weighted by atomic mass is 9.89. The minimum Gasteiger partial charge on any atom is -0.394 e. The number of hydrogen-bond donors (Lipinski definition) is 5. The van der Waals surface area contributed by atoms with E-state index in [0.717, 1.165) is 0 Å². The van der Waals surface area contributed by atoms with Gasteiger partial charge in [-0.05, 0) is 6.42 Å². The molecule has 0 amide bonds. The molecule has 6 heteroatoms. The molecule has 0 aliphatic rings. The Labute approximate surface area is 81.4 Å². The summed E-state index contributed by atoms with van der Waals surface area (Å²) in [6.07, 6.45) is -5.19. The van der Waals surface area contributed by atoms with E-state index < -0.39 is 30.5 Å². The van der Waals surface area contributed by atoms with Gasteiger partial charge < -0.3 is 30.3 Å². The molecule has 0 bridgehead atoms. The average molecular weight is 208 g/mol. The molecule has 0 fully saturated rings. The quantitative estimate of drug-likeness (QED) is 0.305. The Balaban J connectivity index is 4.57. The number of aliphatic hydroxyl groups is 5. The average Bonchev–Trinajstić information content (AvgIpc) is 2.24. The highest BCUT2D eigenvalue weighted by molar-refractivity contribution is 5.63. The van der Waals surface area contributed by atoms with Gasteiger partial charge in [-0.25, -0.2) is 0 Å². The van der Waals surface area contributed by atoms with Crippen molar-refractivity contribution in [2.24, 2.45) is 0 Å². The second-order valence-corrected chi connectivity index (χ2v) is 3.15. The second-order valence-electron chi connectivity index (χ2n) is 3.15. The molecule has 6 nitrogen and oxygen atoms in total. The molecule has 0 aliphatic heterocycles. The van der Waals surface area contributed by atoms with E-state index in [0.29, 0.717) is 0 Å². The lowest BCUT2D eigenvalue weighted by Crippen LogP contribution is -2.54. The van der Waals surface area contributed by atoms with Crippen LogP contribution in [0, 0.1) is 0 Å². The first kappa shape index (κ1) is 13.5. The summed E-state index contributed by atoms with van der Waals surface area (Å²) in [4.78, 5) is 10.4. The molecule has 0 spiro atoms. The first-order valence-electron chi connectivity index (χ1n) is 4.26. The lowest BCUT2D eigenvalue weighted by Gasteiger charge is -2.31. The van der Waals surface area contributed by atoms with E-state index in [1.54, 1.807) is 0 Å². The highest BCUT2D eigenvalue weighted by atomic mass is 16.4. The van der Waals surface area contributed by atoms with Crippen molar-refractivity contribution >= 4 is 6.29 Å². The Morgan fingerprint density at radius 1 is 1.36 bits per heavy atom. The largest absolute Gasteiger partial charge is 0.394 e. The minimum atomic E-state index is -2.10. The van der Waals surface area contributed by atoms with Gasteiger partial charge in [-0.1, -0.05) is 6.92 Å². The number of hydrogen-bond acceptors (Lipinski definition) is 6. The van der Waals surface area contributed by atoms with Crippen LogP contribution in [0.25, 0.3) is 0 Å². The first-order chi connectivity index (χ1) is 6.42. The summed E-state index contributed by atoms with van der Waals surface area (Å²) in [5.41, 5.74) is -2.10. The van der Waals surface area contributed by atoms with Crippen LogP contribution in [0.5, 0.6) is 0 Å². The van der Waals surface area contributed by atoms with Crippen molar-refractivity contribution in [2.45, 2.75) is 37.3 Å². The SMILES string of the molecule is CC[C@](O)(C=O)[C@@H](O)[C@H](O)[C@H](O)CO. The van der Waals surface area contributed by atoms with Crippen LogP contribution in [0.2, 0.25) is 0 Å². The van der Waals surface area contributed by atoms with Crippen molar-refractivity contribution in [1.82, 2.24) is 0 Å². The summed E-state index contributed by atoms with van der Waals surface area (Å²) in [6, 6.07) is 0. The van der Waals surface area contributed by atoms with Crippen LogP contribution in [0.3, 0.4) is 0 Å². The fraction of sp³-hybridized carbons (Fsp3) is 0.875. The Morgan fingerprint density at radius 3 is 2.14 bits per heavy atom. The highest BCUT2D eigenvalue weighted by Gasteiger charge is 2.40. The van der Waals surface area contributed by atoms with Crippen molar-refractivity contribution in [3.63, 3.8) is 0 Å². The van der Waals surface area contributed by atoms with E-state index in [4.69, 9.17) is 10.2 Å². The Morgan fingerprint density at radius 2 is 1.86 bits per heavy atom. The minimum absolute atomic E-state index is 0.102. The predicted molar refractivity (Wildman–Crippen MR) is 46.4 cm³/mol. The van der Waals surface area contributed by atoms with Gasteiger partial charge in [0.15, 0.2) is 6.29 Å². The van der Waals surface area contributed by atoms with Crippen LogP contribution in [0.15, 0.2) is 0 Å². The first-order valence-corrected chi connectivity index (χ1v) is 4.26. The second kappa shape index (κ2) is 5.38. The van der Waals surface area contributed by atoms with Gasteiger partial charge >= 0.3 is 0 Å². The molecule has 0 saturated carbocycles. The van der Waals surface area contributed by atoms with Crippen molar-refractivity contribution in [3.8, 4) is 0 Å². The molecule has 5 N–H and O–H groups in total. The van der Waals surface area contributed by atoms with Crippen LogP contribution in [0.1, 0.15) is 13.3 Å². The van der Waals surface area contributed by atoms with Gasteiger partial charge in [-0.3, -0.25) is 0 Å². The highest BCUT2D eigenvalue weighted by Crippen LogP contribution is 2.17. The zero-order valence-corrected chi connectivity index (χ0v) is 7.87. The van der Waals surface area contributed by atoms with E-state index in [2.05, 4.69) is 0 Å². The molecule has 0 rings (SSSR count). The molecule has 0 aromatic heterocycles. The molecule has 0 aromatic carbocycles. The number of rotatable bonds is 6. The smallest absolute Gasteiger partial charge is 0.154 e. The summed E-state index contributed by atoms with van der Waals surface area (Å²) < 4.78 is 0. The summed E-state index contributed by atoms with van der Waals surface area (Å²) in [7, 11) is 0. The van der Waals surface area contributed by atoms with Crippen molar-refractivity contribution in [1.29, 1.82) is 0 Å². The molecule has 0 heterocycles. The fourth-order valence-electron chi connectivity index (χ4n) is 0.976. The van der Waals surface area contributed by atoms with E-state index in [-0.39, 0.29) is 12.7 Å². The molecule has 0 aromatic rings. The number of carbonyl (C=O) groups excluding carboxylic acids is 1. The normalized spacial score (nSPS) is 22.1. The van der Waals surface area contributed by atoms with Gasteiger partial charge in [-0.2, -0.15) is 0 Å². The maximum Gasteiger partial charge on any atom is 0.154 e. The Kier molecular flexibility index (Phi) is 5.17. The third-order valence-electron chi connectivity index (χ3n) is 2.19. The predicted octanol–water partition coefficient (Wildman–Crippen LogP) is -2.60. The monoisotopic (exact) mass is 208 g/mol. The van der Waals surface area contributed by atoms with Crippen LogP contribution < -0.4 is 0 Å². The van der Waals surface area contributed by atoms with E-state index in [1.165, 1.54) is 6.92 Å². The molecule has 0 saturated heterocycles. The maximum atomic E-state index is 10.4. The number of aliphatic hydroxyl groups excluding tert-OH is 4. The van der Waals surface area contributed by atoms with Crippen molar-refractivity contribution in [3.05, 3.63) is 0 Å². The van der Waals surface area contributed by atoms with Crippen LogP contribution in [-0.2, 0) is 4.79 Å². The third kappa shape index (κ3) is 2.73. The molecule has 84 valence electrons. The molecular formula is C8H16O6. The molecule has 0 radical (unpaired) electrons. The summed E-state index contributed by atoms with van der Waals surface area (Å²) in [5, 5.41) is 45.4. The van der Waals surface area contributed by atoms with E-state index in [1.807, 2.05) is 0 Å². The van der Waals surface area contributed by atoms with Gasteiger partial charge in [0.05, 0.1) is 6.61 Å². The van der Waals surface area contributed by atoms with E-state index >= 15 is 0 Å². The third-order valence-corrected chi connectivity index (χ3v) is 2.19. The molecule has 0 unspecified atom stereocenters. The van der Waals surface area contributed by atoms with Gasteiger partial charge in [-0.15, -0.1) is 0 Å². The van der Waals surface area contributed by atoms with Crippen LogP contribution >= 0.6 is 0 Å². The zero-order valence-electron chi connectivity index (χ0n) is 7.87. The van der Waals surface area contributed by atoms with Gasteiger partial charge in [0, 0.05) is 0 Å². The molecule has 0 aliphatic carbocycles. The van der Waals surface area contributed by atoms with Gasteiger partial charge in [0.2, 0.25) is 0 Å². The van der Waals surface area contributed by atoms with Gasteiger partial charge in [0.25, 0.3) is 0 Å². The number of carbonyl (C=O) groups is 1. The van der Waals surface area contributed by atoms with Gasteiger partial charge in [0.1, 0.15) is 23.9 Å². The topological polar surface area (TPSA) is 118 Å².